The Bertz CT molecular complexity index is 1500. The van der Waals surface area contributed by atoms with Gasteiger partial charge in [-0.25, -0.2) is 9.59 Å². The van der Waals surface area contributed by atoms with Gasteiger partial charge in [0.2, 0.25) is 0 Å². The minimum Gasteiger partial charge on any atom is -0.466 e. The van der Waals surface area contributed by atoms with Crippen molar-refractivity contribution < 1.29 is 19.1 Å². The normalized spacial score (nSPS) is 17.3. The van der Waals surface area contributed by atoms with Crippen molar-refractivity contribution in [2.24, 2.45) is 5.92 Å². The Morgan fingerprint density at radius 2 is 1.53 bits per heavy atom. The van der Waals surface area contributed by atoms with Crippen LogP contribution in [0.1, 0.15) is 37.4 Å². The quantitative estimate of drug-likeness (QED) is 0.253. The molecule has 1 aromatic heterocycles. The van der Waals surface area contributed by atoms with Crippen molar-refractivity contribution in [3.05, 3.63) is 107 Å². The molecule has 0 radical (unpaired) electrons. The minimum atomic E-state index is -0.701. The average Bonchev–Trinajstić information content (AvgIpc) is 3.35. The van der Waals surface area contributed by atoms with Gasteiger partial charge in [-0.15, -0.1) is 0 Å². The zero-order valence-corrected chi connectivity index (χ0v) is 25.6. The van der Waals surface area contributed by atoms with E-state index in [-0.39, 0.29) is 45.0 Å². The summed E-state index contributed by atoms with van der Waals surface area (Å²) < 4.78 is 12.8. The summed E-state index contributed by atoms with van der Waals surface area (Å²) in [4.78, 5) is 46.0. The molecule has 0 spiro atoms. The van der Waals surface area contributed by atoms with Gasteiger partial charge < -0.3 is 19.4 Å². The standard InChI is InChI=1S/C33H38N4O5.H2S/c1-3-41-31(38)27-22-35(19-18-29(27)37-30-17-11-10-16-28(30)34-32(37)39)33(40)42-23-24(2)36(20-25-12-6-4-7-13-25)21-26-14-8-5-9-15-26;/h4-17,24,27,29H,3,18-23H2,1-2H3,(H,34,39);1H2/t24-,27?,29?;/m0./s1. The Labute approximate surface area is 258 Å². The molecule has 1 aliphatic rings. The van der Waals surface area contributed by atoms with E-state index < -0.39 is 24.0 Å². The highest BCUT2D eigenvalue weighted by atomic mass is 32.1. The Morgan fingerprint density at radius 3 is 2.16 bits per heavy atom. The van der Waals surface area contributed by atoms with Crippen LogP contribution >= 0.6 is 13.5 Å². The molecule has 9 nitrogen and oxygen atoms in total. The third-order valence-electron chi connectivity index (χ3n) is 7.91. The number of nitrogens with zero attached hydrogens (tertiary/aromatic N) is 3. The summed E-state index contributed by atoms with van der Waals surface area (Å²) in [5.41, 5.74) is 3.51. The van der Waals surface area contributed by atoms with Crippen molar-refractivity contribution in [3.63, 3.8) is 0 Å². The summed E-state index contributed by atoms with van der Waals surface area (Å²) in [5, 5.41) is 0. The first-order valence-corrected chi connectivity index (χ1v) is 14.5. The lowest BCUT2D eigenvalue weighted by Crippen LogP contribution is -2.49. The average molecular weight is 605 g/mol. The molecule has 0 aliphatic carbocycles. The van der Waals surface area contributed by atoms with Crippen molar-refractivity contribution in [2.45, 2.75) is 45.4 Å². The van der Waals surface area contributed by atoms with Crippen LogP contribution in [0, 0.1) is 5.92 Å². The summed E-state index contributed by atoms with van der Waals surface area (Å²) in [5.74, 6) is -1.13. The fraction of sp³-hybridized carbons (Fsp3) is 0.364. The van der Waals surface area contributed by atoms with E-state index in [2.05, 4.69) is 41.1 Å². The Kier molecular flexibility index (Phi) is 11.1. The second-order valence-electron chi connectivity index (χ2n) is 10.8. The highest BCUT2D eigenvalue weighted by molar-refractivity contribution is 7.59. The molecule has 1 aliphatic heterocycles. The van der Waals surface area contributed by atoms with Gasteiger partial charge in [-0.05, 0) is 43.5 Å². The minimum absolute atomic E-state index is 0. The smallest absolute Gasteiger partial charge is 0.409 e. The number of nitrogens with one attached hydrogen (secondary N) is 1. The first-order chi connectivity index (χ1) is 20.4. The molecule has 1 fully saturated rings. The zero-order chi connectivity index (χ0) is 29.5. The first-order valence-electron chi connectivity index (χ1n) is 14.5. The number of imidazole rings is 1. The van der Waals surface area contributed by atoms with E-state index in [1.165, 1.54) is 11.1 Å². The maximum absolute atomic E-state index is 13.3. The number of fused-ring (bicyclic) bond motifs is 1. The molecule has 43 heavy (non-hydrogen) atoms. The van der Waals surface area contributed by atoms with Crippen LogP contribution < -0.4 is 5.69 Å². The second kappa shape index (κ2) is 14.9. The number of aromatic nitrogens is 2. The van der Waals surface area contributed by atoms with Crippen LogP contribution in [0.2, 0.25) is 0 Å². The Balaban J connectivity index is 0.00000423. The molecule has 2 unspecified atom stereocenters. The third kappa shape index (κ3) is 7.69. The molecule has 1 N–H and O–H groups in total. The molecule has 228 valence electrons. The number of carbonyl (C=O) groups is 2. The van der Waals surface area contributed by atoms with Gasteiger partial charge in [0, 0.05) is 32.2 Å². The fourth-order valence-corrected chi connectivity index (χ4v) is 5.69. The van der Waals surface area contributed by atoms with Gasteiger partial charge in [-0.2, -0.15) is 13.5 Å². The van der Waals surface area contributed by atoms with Crippen LogP contribution in [0.5, 0.6) is 0 Å². The molecule has 3 atom stereocenters. The molecule has 10 heteroatoms. The number of H-pyrrole nitrogens is 1. The Hall–Kier alpha value is -4.02. The van der Waals surface area contributed by atoms with Gasteiger partial charge in [0.25, 0.3) is 0 Å². The number of rotatable bonds is 10. The summed E-state index contributed by atoms with van der Waals surface area (Å²) in [7, 11) is 0. The number of esters is 1. The van der Waals surface area contributed by atoms with E-state index in [0.717, 1.165) is 5.52 Å². The summed E-state index contributed by atoms with van der Waals surface area (Å²) in [6.45, 7) is 6.11. The van der Waals surface area contributed by atoms with Crippen LogP contribution in [0.25, 0.3) is 11.0 Å². The number of piperidine rings is 1. The van der Waals surface area contributed by atoms with Crippen LogP contribution in [-0.4, -0.2) is 63.8 Å². The maximum Gasteiger partial charge on any atom is 0.409 e. The monoisotopic (exact) mass is 604 g/mol. The largest absolute Gasteiger partial charge is 0.466 e. The van der Waals surface area contributed by atoms with Gasteiger partial charge in [0.15, 0.2) is 0 Å². The van der Waals surface area contributed by atoms with Gasteiger partial charge in [-0.1, -0.05) is 72.8 Å². The molecular weight excluding hydrogens is 564 g/mol. The molecule has 0 saturated carbocycles. The number of hydrogen-bond donors (Lipinski definition) is 1. The van der Waals surface area contributed by atoms with Crippen LogP contribution in [0.15, 0.2) is 89.7 Å². The number of hydrogen-bond acceptors (Lipinski definition) is 6. The zero-order valence-electron chi connectivity index (χ0n) is 24.6. The number of benzene rings is 3. The SMILES string of the molecule is CCOC(=O)C1CN(C(=O)OC[C@H](C)N(Cc2ccccc2)Cc2ccccc2)CCC1n1c(=O)[nH]c2ccccc21.S. The van der Waals surface area contributed by atoms with Crippen molar-refractivity contribution >= 4 is 36.6 Å². The molecular formula is C33H40N4O5S. The van der Waals surface area contributed by atoms with E-state index in [0.29, 0.717) is 31.6 Å². The van der Waals surface area contributed by atoms with Crippen LogP contribution in [-0.2, 0) is 27.4 Å². The van der Waals surface area contributed by atoms with Crippen molar-refractivity contribution in [3.8, 4) is 0 Å². The van der Waals surface area contributed by atoms with Crippen molar-refractivity contribution in [2.75, 3.05) is 26.3 Å². The lowest BCUT2D eigenvalue weighted by molar-refractivity contribution is -0.151. The predicted molar refractivity (Wildman–Crippen MR) is 171 cm³/mol. The first kappa shape index (κ1) is 31.9. The van der Waals surface area contributed by atoms with Crippen molar-refractivity contribution in [1.29, 1.82) is 0 Å². The number of amides is 1. The molecule has 4 aromatic rings. The second-order valence-corrected chi connectivity index (χ2v) is 10.8. The summed E-state index contributed by atoms with van der Waals surface area (Å²) in [6, 6.07) is 27.4. The lowest BCUT2D eigenvalue weighted by atomic mass is 9.91. The topological polar surface area (TPSA) is 96.9 Å². The molecule has 1 saturated heterocycles. The van der Waals surface area contributed by atoms with Crippen LogP contribution in [0.3, 0.4) is 0 Å². The molecule has 2 heterocycles. The Morgan fingerprint density at radius 1 is 0.930 bits per heavy atom. The van der Waals surface area contributed by atoms with E-state index in [9.17, 15) is 14.4 Å². The fourth-order valence-electron chi connectivity index (χ4n) is 5.69. The van der Waals surface area contributed by atoms with Crippen LogP contribution in [0.4, 0.5) is 4.79 Å². The van der Waals surface area contributed by atoms with Gasteiger partial charge in [0.05, 0.1) is 29.6 Å². The van der Waals surface area contributed by atoms with Gasteiger partial charge >= 0.3 is 17.8 Å². The lowest BCUT2D eigenvalue weighted by Gasteiger charge is -2.37. The van der Waals surface area contributed by atoms with E-state index >= 15 is 0 Å². The highest BCUT2D eigenvalue weighted by Crippen LogP contribution is 2.31. The number of para-hydroxylation sites is 2. The number of carbonyl (C=O) groups excluding carboxylic acids is 2. The third-order valence-corrected chi connectivity index (χ3v) is 7.91. The van der Waals surface area contributed by atoms with Gasteiger partial charge in [-0.3, -0.25) is 14.3 Å². The van der Waals surface area contributed by atoms with E-state index in [1.54, 1.807) is 16.4 Å². The molecule has 3 aromatic carbocycles. The summed E-state index contributed by atoms with van der Waals surface area (Å²) in [6.07, 6.45) is -0.0513. The molecule has 5 rings (SSSR count). The number of likely N-dealkylation sites (tertiary alicyclic amines) is 1. The molecule has 1 amide bonds. The highest BCUT2D eigenvalue weighted by Gasteiger charge is 2.40. The van der Waals surface area contributed by atoms with E-state index in [1.807, 2.05) is 60.7 Å². The van der Waals surface area contributed by atoms with Crippen molar-refractivity contribution in [1.82, 2.24) is 19.4 Å². The summed E-state index contributed by atoms with van der Waals surface area (Å²) >= 11 is 0. The molecule has 0 bridgehead atoms. The predicted octanol–water partition coefficient (Wildman–Crippen LogP) is 5.10. The number of ether oxygens (including phenoxy) is 2. The number of aromatic amines is 1. The van der Waals surface area contributed by atoms with E-state index in [4.69, 9.17) is 9.47 Å². The maximum atomic E-state index is 13.3. The van der Waals surface area contributed by atoms with Gasteiger partial charge in [0.1, 0.15) is 6.61 Å².